The third-order valence-corrected chi connectivity index (χ3v) is 2.63. The second kappa shape index (κ2) is 5.91. The van der Waals surface area contributed by atoms with E-state index in [0.29, 0.717) is 5.75 Å². The van der Waals surface area contributed by atoms with Gasteiger partial charge in [-0.3, -0.25) is 9.78 Å². The summed E-state index contributed by atoms with van der Waals surface area (Å²) in [5, 5.41) is 9.14. The fourth-order valence-electron chi connectivity index (χ4n) is 1.63. The van der Waals surface area contributed by atoms with Gasteiger partial charge < -0.3 is 20.3 Å². The van der Waals surface area contributed by atoms with Crippen LogP contribution in [0.2, 0.25) is 0 Å². The number of benzene rings is 1. The molecule has 0 fully saturated rings. The van der Waals surface area contributed by atoms with Gasteiger partial charge in [-0.05, 0) is 18.2 Å². The predicted molar refractivity (Wildman–Crippen MR) is 72.8 cm³/mol. The number of aromatic carboxylic acids is 1. The summed E-state index contributed by atoms with van der Waals surface area (Å²) in [6, 6.07) is 7.13. The molecule has 0 saturated carbocycles. The van der Waals surface area contributed by atoms with E-state index in [1.807, 2.05) is 0 Å². The molecule has 3 N–H and O–H groups in total. The molecule has 0 unspecified atom stereocenters. The van der Waals surface area contributed by atoms with Gasteiger partial charge in [-0.15, -0.1) is 0 Å². The van der Waals surface area contributed by atoms with Crippen LogP contribution in [0.25, 0.3) is 0 Å². The minimum absolute atomic E-state index is 0.0206. The number of pyridine rings is 1. The zero-order valence-corrected chi connectivity index (χ0v) is 11.1. The largest absolute Gasteiger partial charge is 0.497 e. The molecule has 0 spiro atoms. The molecule has 1 aromatic carbocycles. The summed E-state index contributed by atoms with van der Waals surface area (Å²) in [5.41, 5.74) is 5.12. The Morgan fingerprint density at radius 2 is 1.95 bits per heavy atom. The van der Waals surface area contributed by atoms with Crippen LogP contribution in [-0.2, 0) is 0 Å². The first-order valence-electron chi connectivity index (χ1n) is 5.86. The average Bonchev–Trinajstić information content (AvgIpc) is 2.47. The number of carboxylic acids is 1. The first-order valence-corrected chi connectivity index (χ1v) is 5.86. The molecule has 0 atom stereocenters. The second-order valence-corrected chi connectivity index (χ2v) is 4.01. The SMILES string of the molecule is COc1ccc(C(=O)O)c(Oc2ccnc(C(N)=O)c2)c1. The van der Waals surface area contributed by atoms with E-state index >= 15 is 0 Å². The van der Waals surface area contributed by atoms with Crippen LogP contribution in [0.15, 0.2) is 36.5 Å². The topological polar surface area (TPSA) is 112 Å². The average molecular weight is 288 g/mol. The van der Waals surface area contributed by atoms with E-state index in [4.69, 9.17) is 20.3 Å². The van der Waals surface area contributed by atoms with E-state index in [1.165, 1.54) is 43.6 Å². The molecule has 2 aromatic rings. The first-order chi connectivity index (χ1) is 10.0. The van der Waals surface area contributed by atoms with Crippen molar-refractivity contribution in [3.05, 3.63) is 47.8 Å². The van der Waals surface area contributed by atoms with Crippen LogP contribution in [0.1, 0.15) is 20.8 Å². The smallest absolute Gasteiger partial charge is 0.339 e. The molecular formula is C14H12N2O5. The standard InChI is InChI=1S/C14H12N2O5/c1-20-8-2-3-10(14(18)19)12(7-8)21-9-4-5-16-11(6-9)13(15)17/h2-7H,1H3,(H2,15,17)(H,18,19). The van der Waals surface area contributed by atoms with Gasteiger partial charge in [0.2, 0.25) is 0 Å². The molecule has 0 aliphatic carbocycles. The number of rotatable bonds is 5. The van der Waals surface area contributed by atoms with Crippen molar-refractivity contribution in [1.82, 2.24) is 4.98 Å². The Balaban J connectivity index is 2.40. The molecule has 1 heterocycles. The molecule has 0 saturated heterocycles. The lowest BCUT2D eigenvalue weighted by Gasteiger charge is -2.10. The molecule has 108 valence electrons. The lowest BCUT2D eigenvalue weighted by Crippen LogP contribution is -2.12. The Kier molecular flexibility index (Phi) is 4.03. The number of carbonyl (C=O) groups is 2. The molecular weight excluding hydrogens is 276 g/mol. The zero-order chi connectivity index (χ0) is 15.4. The van der Waals surface area contributed by atoms with E-state index < -0.39 is 11.9 Å². The number of methoxy groups -OCH3 is 1. The van der Waals surface area contributed by atoms with Crippen molar-refractivity contribution in [3.63, 3.8) is 0 Å². The maximum Gasteiger partial charge on any atom is 0.339 e. The maximum absolute atomic E-state index is 11.2. The minimum atomic E-state index is -1.14. The van der Waals surface area contributed by atoms with Gasteiger partial charge >= 0.3 is 5.97 Å². The summed E-state index contributed by atoms with van der Waals surface area (Å²) >= 11 is 0. The van der Waals surface area contributed by atoms with Gasteiger partial charge in [0.15, 0.2) is 0 Å². The molecule has 2 rings (SSSR count). The molecule has 21 heavy (non-hydrogen) atoms. The fourth-order valence-corrected chi connectivity index (χ4v) is 1.63. The summed E-state index contributed by atoms with van der Waals surface area (Å²) in [5.74, 6) is -1.07. The highest BCUT2D eigenvalue weighted by molar-refractivity contribution is 5.92. The van der Waals surface area contributed by atoms with Gasteiger partial charge in [0, 0.05) is 18.3 Å². The summed E-state index contributed by atoms with van der Waals surface area (Å²) in [6.45, 7) is 0. The summed E-state index contributed by atoms with van der Waals surface area (Å²) in [4.78, 5) is 26.0. The Labute approximate surface area is 119 Å². The van der Waals surface area contributed by atoms with E-state index in [-0.39, 0.29) is 22.8 Å². The predicted octanol–water partition coefficient (Wildman–Crippen LogP) is 1.68. The van der Waals surface area contributed by atoms with Crippen molar-refractivity contribution >= 4 is 11.9 Å². The molecule has 1 aromatic heterocycles. The van der Waals surface area contributed by atoms with Gasteiger partial charge in [-0.2, -0.15) is 0 Å². The third kappa shape index (κ3) is 3.27. The normalized spacial score (nSPS) is 9.95. The number of amides is 1. The van der Waals surface area contributed by atoms with Crippen LogP contribution >= 0.6 is 0 Å². The molecule has 7 nitrogen and oxygen atoms in total. The maximum atomic E-state index is 11.2. The summed E-state index contributed by atoms with van der Waals surface area (Å²) < 4.78 is 10.5. The number of hydrogen-bond acceptors (Lipinski definition) is 5. The first kappa shape index (κ1) is 14.3. The molecule has 0 radical (unpaired) electrons. The summed E-state index contributed by atoms with van der Waals surface area (Å²) in [7, 11) is 1.46. The van der Waals surface area contributed by atoms with E-state index in [2.05, 4.69) is 4.98 Å². The third-order valence-electron chi connectivity index (χ3n) is 2.63. The van der Waals surface area contributed by atoms with E-state index in [0.717, 1.165) is 0 Å². The van der Waals surface area contributed by atoms with Crippen LogP contribution < -0.4 is 15.2 Å². The van der Waals surface area contributed by atoms with Gasteiger partial charge in [0.05, 0.1) is 7.11 Å². The molecule has 1 amide bonds. The summed E-state index contributed by atoms with van der Waals surface area (Å²) in [6.07, 6.45) is 1.34. The van der Waals surface area contributed by atoms with Gasteiger partial charge in [-0.25, -0.2) is 4.79 Å². The fraction of sp³-hybridized carbons (Fsp3) is 0.0714. The van der Waals surface area contributed by atoms with Crippen molar-refractivity contribution in [2.24, 2.45) is 5.73 Å². The highest BCUT2D eigenvalue weighted by Crippen LogP contribution is 2.29. The van der Waals surface area contributed by atoms with Gasteiger partial charge in [0.25, 0.3) is 5.91 Å². The quantitative estimate of drug-likeness (QED) is 0.865. The highest BCUT2D eigenvalue weighted by atomic mass is 16.5. The van der Waals surface area contributed by atoms with Crippen molar-refractivity contribution in [2.45, 2.75) is 0 Å². The number of nitrogens with two attached hydrogens (primary N) is 1. The number of primary amides is 1. The number of nitrogens with zero attached hydrogens (tertiary/aromatic N) is 1. The Morgan fingerprint density at radius 3 is 2.57 bits per heavy atom. The Hall–Kier alpha value is -3.09. The van der Waals surface area contributed by atoms with Crippen molar-refractivity contribution in [3.8, 4) is 17.2 Å². The molecule has 0 aliphatic rings. The number of hydrogen-bond donors (Lipinski definition) is 2. The lowest BCUT2D eigenvalue weighted by molar-refractivity contribution is 0.0693. The van der Waals surface area contributed by atoms with Crippen molar-refractivity contribution in [2.75, 3.05) is 7.11 Å². The van der Waals surface area contributed by atoms with E-state index in [1.54, 1.807) is 0 Å². The van der Waals surface area contributed by atoms with Crippen LogP contribution in [-0.4, -0.2) is 29.1 Å². The number of aromatic nitrogens is 1. The Morgan fingerprint density at radius 1 is 1.19 bits per heavy atom. The second-order valence-electron chi connectivity index (χ2n) is 4.01. The van der Waals surface area contributed by atoms with E-state index in [9.17, 15) is 9.59 Å². The Bertz CT molecular complexity index is 700. The molecule has 0 bridgehead atoms. The number of ether oxygens (including phenoxy) is 2. The zero-order valence-electron chi connectivity index (χ0n) is 11.1. The lowest BCUT2D eigenvalue weighted by atomic mass is 10.2. The molecule has 0 aliphatic heterocycles. The highest BCUT2D eigenvalue weighted by Gasteiger charge is 2.14. The number of carboxylic acid groups (broad SMARTS) is 1. The van der Waals surface area contributed by atoms with Gasteiger partial charge in [-0.1, -0.05) is 0 Å². The number of carbonyl (C=O) groups excluding carboxylic acids is 1. The minimum Gasteiger partial charge on any atom is -0.497 e. The van der Waals surface area contributed by atoms with Crippen molar-refractivity contribution in [1.29, 1.82) is 0 Å². The van der Waals surface area contributed by atoms with Crippen LogP contribution in [0.5, 0.6) is 17.2 Å². The van der Waals surface area contributed by atoms with Gasteiger partial charge in [0.1, 0.15) is 28.5 Å². The van der Waals surface area contributed by atoms with Crippen LogP contribution in [0, 0.1) is 0 Å². The molecule has 7 heteroatoms. The van der Waals surface area contributed by atoms with Crippen molar-refractivity contribution < 1.29 is 24.2 Å². The van der Waals surface area contributed by atoms with Crippen LogP contribution in [0.4, 0.5) is 0 Å². The van der Waals surface area contributed by atoms with Crippen LogP contribution in [0.3, 0.4) is 0 Å². The monoisotopic (exact) mass is 288 g/mol.